The van der Waals surface area contributed by atoms with E-state index in [1.165, 1.54) is 19.2 Å². The first kappa shape index (κ1) is 11.1. The third kappa shape index (κ3) is 1.73. The Hall–Kier alpha value is -2.37. The highest BCUT2D eigenvalue weighted by Crippen LogP contribution is 2.29. The standard InChI is InChI=1S/C11H10N2O4/c1-7-10(11(14)12(2)17-7)8-5-3-4-6-9(8)13(15)16/h3-6H,1-2H3. The van der Waals surface area contributed by atoms with E-state index in [0.717, 1.165) is 4.74 Å². The lowest BCUT2D eigenvalue weighted by molar-refractivity contribution is -0.384. The summed E-state index contributed by atoms with van der Waals surface area (Å²) in [6.45, 7) is 1.60. The summed E-state index contributed by atoms with van der Waals surface area (Å²) in [7, 11) is 1.47. The number of nitrogens with zero attached hydrogens (tertiary/aromatic N) is 2. The van der Waals surface area contributed by atoms with Gasteiger partial charge in [-0.05, 0) is 13.0 Å². The molecule has 2 aromatic rings. The van der Waals surface area contributed by atoms with Crippen molar-refractivity contribution in [3.05, 3.63) is 50.5 Å². The number of nitro groups is 1. The smallest absolute Gasteiger partial charge is 0.290 e. The third-order valence-electron chi connectivity index (χ3n) is 2.50. The lowest BCUT2D eigenvalue weighted by atomic mass is 10.1. The van der Waals surface area contributed by atoms with Crippen LogP contribution in [0.4, 0.5) is 5.69 Å². The number of rotatable bonds is 2. The fourth-order valence-corrected chi connectivity index (χ4v) is 1.75. The highest BCUT2D eigenvalue weighted by atomic mass is 16.6. The molecule has 0 saturated carbocycles. The van der Waals surface area contributed by atoms with E-state index in [1.807, 2.05) is 0 Å². The molecule has 0 fully saturated rings. The first-order chi connectivity index (χ1) is 8.02. The number of aromatic nitrogens is 1. The van der Waals surface area contributed by atoms with E-state index >= 15 is 0 Å². The van der Waals surface area contributed by atoms with Crippen LogP contribution in [0.15, 0.2) is 33.6 Å². The van der Waals surface area contributed by atoms with Crippen LogP contribution >= 0.6 is 0 Å². The largest absolute Gasteiger partial charge is 0.381 e. The molecule has 0 radical (unpaired) electrons. The lowest BCUT2D eigenvalue weighted by Gasteiger charge is -1.98. The van der Waals surface area contributed by atoms with E-state index in [2.05, 4.69) is 0 Å². The average molecular weight is 234 g/mol. The summed E-state index contributed by atoms with van der Waals surface area (Å²) in [5, 5.41) is 10.9. The summed E-state index contributed by atoms with van der Waals surface area (Å²) >= 11 is 0. The van der Waals surface area contributed by atoms with Gasteiger partial charge in [0.15, 0.2) is 0 Å². The molecule has 0 spiro atoms. The molecule has 0 atom stereocenters. The molecule has 0 bridgehead atoms. The van der Waals surface area contributed by atoms with Crippen molar-refractivity contribution in [3.8, 4) is 11.1 Å². The van der Waals surface area contributed by atoms with E-state index in [4.69, 9.17) is 4.52 Å². The third-order valence-corrected chi connectivity index (χ3v) is 2.50. The predicted molar refractivity (Wildman–Crippen MR) is 60.8 cm³/mol. The molecule has 88 valence electrons. The molecule has 6 nitrogen and oxygen atoms in total. The maximum Gasteiger partial charge on any atom is 0.290 e. The molecule has 2 rings (SSSR count). The second kappa shape index (κ2) is 3.89. The summed E-state index contributed by atoms with van der Waals surface area (Å²) in [4.78, 5) is 22.2. The van der Waals surface area contributed by atoms with Gasteiger partial charge in [0.25, 0.3) is 11.2 Å². The SMILES string of the molecule is Cc1on(C)c(=O)c1-c1ccccc1[N+](=O)[O-]. The Morgan fingerprint density at radius 2 is 2.00 bits per heavy atom. The Labute approximate surface area is 96.2 Å². The van der Waals surface area contributed by atoms with Gasteiger partial charge in [-0.25, -0.2) is 0 Å². The van der Waals surface area contributed by atoms with Gasteiger partial charge in [-0.2, -0.15) is 4.74 Å². The molecule has 0 amide bonds. The van der Waals surface area contributed by atoms with Crippen LogP contribution < -0.4 is 5.56 Å². The summed E-state index contributed by atoms with van der Waals surface area (Å²) in [5.41, 5.74) is 0.0371. The fraction of sp³-hybridized carbons (Fsp3) is 0.182. The fourth-order valence-electron chi connectivity index (χ4n) is 1.75. The van der Waals surface area contributed by atoms with E-state index in [9.17, 15) is 14.9 Å². The van der Waals surface area contributed by atoms with Crippen LogP contribution in [0.2, 0.25) is 0 Å². The van der Waals surface area contributed by atoms with Gasteiger partial charge in [0, 0.05) is 13.1 Å². The molecule has 0 unspecified atom stereocenters. The van der Waals surface area contributed by atoms with Crippen LogP contribution in [0.3, 0.4) is 0 Å². The van der Waals surface area contributed by atoms with Crippen molar-refractivity contribution in [1.82, 2.24) is 4.74 Å². The van der Waals surface area contributed by atoms with Crippen molar-refractivity contribution < 1.29 is 9.45 Å². The monoisotopic (exact) mass is 234 g/mol. The molecule has 0 aliphatic rings. The molecule has 1 heterocycles. The topological polar surface area (TPSA) is 78.3 Å². The maximum absolute atomic E-state index is 11.8. The number of hydrogen-bond acceptors (Lipinski definition) is 4. The van der Waals surface area contributed by atoms with Gasteiger partial charge in [-0.15, -0.1) is 0 Å². The number of hydrogen-bond donors (Lipinski definition) is 0. The zero-order valence-corrected chi connectivity index (χ0v) is 9.34. The molecular formula is C11H10N2O4. The Bertz CT molecular complexity index is 639. The second-order valence-electron chi connectivity index (χ2n) is 3.60. The summed E-state index contributed by atoms with van der Waals surface area (Å²) in [6.07, 6.45) is 0. The van der Waals surface area contributed by atoms with Crippen molar-refractivity contribution >= 4 is 5.69 Å². The van der Waals surface area contributed by atoms with Crippen LogP contribution in [0.5, 0.6) is 0 Å². The lowest BCUT2D eigenvalue weighted by Crippen LogP contribution is -2.12. The molecule has 0 aliphatic heterocycles. The molecule has 6 heteroatoms. The van der Waals surface area contributed by atoms with E-state index < -0.39 is 4.92 Å². The molecule has 1 aromatic heterocycles. The van der Waals surface area contributed by atoms with Crippen LogP contribution in [0.25, 0.3) is 11.1 Å². The molecule has 1 aromatic carbocycles. The summed E-state index contributed by atoms with van der Waals surface area (Å²) < 4.78 is 6.17. The first-order valence-electron chi connectivity index (χ1n) is 4.93. The quantitative estimate of drug-likeness (QED) is 0.586. The number of benzene rings is 1. The highest BCUT2D eigenvalue weighted by molar-refractivity contribution is 5.73. The zero-order chi connectivity index (χ0) is 12.6. The molecule has 0 saturated heterocycles. The van der Waals surface area contributed by atoms with E-state index in [1.54, 1.807) is 19.1 Å². The van der Waals surface area contributed by atoms with Crippen molar-refractivity contribution in [2.45, 2.75) is 6.92 Å². The Morgan fingerprint density at radius 3 is 2.53 bits per heavy atom. The number of para-hydroxylation sites is 1. The van der Waals surface area contributed by atoms with Crippen molar-refractivity contribution in [1.29, 1.82) is 0 Å². The minimum absolute atomic E-state index is 0.103. The van der Waals surface area contributed by atoms with Gasteiger partial charge in [0.1, 0.15) is 5.76 Å². The van der Waals surface area contributed by atoms with Gasteiger partial charge in [0.05, 0.1) is 16.1 Å². The second-order valence-corrected chi connectivity index (χ2v) is 3.60. The van der Waals surface area contributed by atoms with E-state index in [0.29, 0.717) is 5.76 Å². The van der Waals surface area contributed by atoms with Crippen LogP contribution in [-0.4, -0.2) is 9.66 Å². The highest BCUT2D eigenvalue weighted by Gasteiger charge is 2.22. The molecule has 0 N–H and O–H groups in total. The first-order valence-corrected chi connectivity index (χ1v) is 4.93. The molecule has 17 heavy (non-hydrogen) atoms. The van der Waals surface area contributed by atoms with Gasteiger partial charge >= 0.3 is 0 Å². The number of nitro benzene ring substituents is 1. The van der Waals surface area contributed by atoms with Gasteiger partial charge < -0.3 is 4.52 Å². The minimum Gasteiger partial charge on any atom is -0.381 e. The minimum atomic E-state index is -0.513. The Kier molecular flexibility index (Phi) is 2.55. The summed E-state index contributed by atoms with van der Waals surface area (Å²) in [6, 6.07) is 6.11. The van der Waals surface area contributed by atoms with Gasteiger partial charge in [-0.3, -0.25) is 14.9 Å². The van der Waals surface area contributed by atoms with Crippen molar-refractivity contribution in [3.63, 3.8) is 0 Å². The summed E-state index contributed by atoms with van der Waals surface area (Å²) in [5.74, 6) is 0.367. The Balaban J connectivity index is 2.77. The van der Waals surface area contributed by atoms with Gasteiger partial charge in [-0.1, -0.05) is 12.1 Å². The van der Waals surface area contributed by atoms with E-state index in [-0.39, 0.29) is 22.4 Å². The van der Waals surface area contributed by atoms with Crippen LogP contribution in [0, 0.1) is 17.0 Å². The van der Waals surface area contributed by atoms with Crippen LogP contribution in [-0.2, 0) is 7.05 Å². The maximum atomic E-state index is 11.8. The van der Waals surface area contributed by atoms with Crippen molar-refractivity contribution in [2.24, 2.45) is 7.05 Å². The normalized spacial score (nSPS) is 10.5. The predicted octanol–water partition coefficient (Wildman–Crippen LogP) is 1.86. The van der Waals surface area contributed by atoms with Crippen LogP contribution in [0.1, 0.15) is 5.76 Å². The molecular weight excluding hydrogens is 224 g/mol. The Morgan fingerprint density at radius 1 is 1.35 bits per heavy atom. The van der Waals surface area contributed by atoms with Gasteiger partial charge in [0.2, 0.25) is 0 Å². The van der Waals surface area contributed by atoms with Crippen molar-refractivity contribution in [2.75, 3.05) is 0 Å². The zero-order valence-electron chi connectivity index (χ0n) is 9.34. The number of aryl methyl sites for hydroxylation is 2. The molecule has 0 aliphatic carbocycles. The average Bonchev–Trinajstić information content (AvgIpc) is 2.53.